The number of nitro benzene ring substituents is 2. The molecule has 10 heteroatoms. The molecular weight excluding hydrogens is 332 g/mol. The molecule has 2 aromatic rings. The van der Waals surface area contributed by atoms with E-state index in [9.17, 15) is 29.8 Å². The van der Waals surface area contributed by atoms with Gasteiger partial charge in [0, 0.05) is 11.6 Å². The van der Waals surface area contributed by atoms with Crippen molar-refractivity contribution in [1.82, 2.24) is 0 Å². The number of carbonyl (C=O) groups is 2. The largest absolute Gasteiger partial charge is 0.366 e. The number of amides is 2. The molecule has 0 fully saturated rings. The molecule has 0 aromatic heterocycles. The zero-order valence-electron chi connectivity index (χ0n) is 12.7. The number of rotatable bonds is 6. The van der Waals surface area contributed by atoms with Crippen LogP contribution in [0.3, 0.4) is 0 Å². The van der Waals surface area contributed by atoms with Crippen LogP contribution in [0.4, 0.5) is 17.1 Å². The topological polar surface area (TPSA) is 158 Å². The molecule has 25 heavy (non-hydrogen) atoms. The second-order valence-corrected chi connectivity index (χ2v) is 4.96. The molecular formula is C15H12N4O6. The number of nitrogens with zero attached hydrogens (tertiary/aromatic N) is 2. The molecule has 0 bridgehead atoms. The lowest BCUT2D eigenvalue weighted by Crippen LogP contribution is -2.19. The molecule has 0 spiro atoms. The minimum Gasteiger partial charge on any atom is -0.366 e. The van der Waals surface area contributed by atoms with Crippen LogP contribution in [0.25, 0.3) is 0 Å². The van der Waals surface area contributed by atoms with Gasteiger partial charge < -0.3 is 11.1 Å². The van der Waals surface area contributed by atoms with Gasteiger partial charge in [0.1, 0.15) is 0 Å². The van der Waals surface area contributed by atoms with Gasteiger partial charge in [0.05, 0.1) is 33.6 Å². The Balaban J connectivity index is 2.25. The summed E-state index contributed by atoms with van der Waals surface area (Å²) in [6.07, 6.45) is -0.401. The fourth-order valence-electron chi connectivity index (χ4n) is 2.16. The molecule has 0 radical (unpaired) electrons. The summed E-state index contributed by atoms with van der Waals surface area (Å²) in [5.74, 6) is -1.37. The van der Waals surface area contributed by atoms with Crippen molar-refractivity contribution in [3.63, 3.8) is 0 Å². The highest BCUT2D eigenvalue weighted by Crippen LogP contribution is 2.25. The van der Waals surface area contributed by atoms with Crippen LogP contribution in [-0.2, 0) is 11.2 Å². The molecule has 2 amide bonds. The molecule has 10 nitrogen and oxygen atoms in total. The molecule has 0 heterocycles. The third-order valence-electron chi connectivity index (χ3n) is 3.29. The number of para-hydroxylation sites is 1. The predicted octanol–water partition coefficient (Wildman–Crippen LogP) is 1.78. The summed E-state index contributed by atoms with van der Waals surface area (Å²) < 4.78 is 0. The predicted molar refractivity (Wildman–Crippen MR) is 87.0 cm³/mol. The molecule has 0 atom stereocenters. The number of hydrogen-bond donors (Lipinski definition) is 2. The van der Waals surface area contributed by atoms with Gasteiger partial charge in [0.15, 0.2) is 0 Å². The zero-order valence-corrected chi connectivity index (χ0v) is 12.7. The number of hydrogen-bond acceptors (Lipinski definition) is 6. The molecule has 0 aliphatic heterocycles. The number of nitrogens with one attached hydrogen (secondary N) is 1. The van der Waals surface area contributed by atoms with E-state index in [1.165, 1.54) is 12.1 Å². The van der Waals surface area contributed by atoms with Gasteiger partial charge in [0.25, 0.3) is 17.3 Å². The number of anilines is 1. The second-order valence-electron chi connectivity index (χ2n) is 4.96. The van der Waals surface area contributed by atoms with Crippen molar-refractivity contribution >= 4 is 28.9 Å². The van der Waals surface area contributed by atoms with Crippen molar-refractivity contribution in [3.05, 3.63) is 73.8 Å². The van der Waals surface area contributed by atoms with Crippen LogP contribution < -0.4 is 11.1 Å². The normalized spacial score (nSPS) is 10.1. The first-order valence-electron chi connectivity index (χ1n) is 6.90. The first kappa shape index (κ1) is 17.5. The van der Waals surface area contributed by atoms with Crippen LogP contribution in [0.2, 0.25) is 0 Å². The maximum atomic E-state index is 12.1. The SMILES string of the molecule is NC(=O)c1ccccc1NC(=O)Cc1ccc([N+](=O)[O-])cc1[N+](=O)[O-]. The van der Waals surface area contributed by atoms with Crippen molar-refractivity contribution in [2.45, 2.75) is 6.42 Å². The molecule has 0 saturated carbocycles. The lowest BCUT2D eigenvalue weighted by Gasteiger charge is -2.09. The van der Waals surface area contributed by atoms with Crippen LogP contribution in [0, 0.1) is 20.2 Å². The van der Waals surface area contributed by atoms with Gasteiger partial charge in [-0.1, -0.05) is 12.1 Å². The Hall–Kier alpha value is -3.82. The average Bonchev–Trinajstić information content (AvgIpc) is 2.54. The molecule has 0 aliphatic rings. The van der Waals surface area contributed by atoms with E-state index in [4.69, 9.17) is 5.73 Å². The van der Waals surface area contributed by atoms with Gasteiger partial charge in [0.2, 0.25) is 5.91 Å². The molecule has 0 saturated heterocycles. The lowest BCUT2D eigenvalue weighted by atomic mass is 10.1. The lowest BCUT2D eigenvalue weighted by molar-refractivity contribution is -0.394. The second kappa shape index (κ2) is 7.17. The van der Waals surface area contributed by atoms with Gasteiger partial charge in [-0.2, -0.15) is 0 Å². The van der Waals surface area contributed by atoms with E-state index in [0.717, 1.165) is 18.2 Å². The summed E-state index contributed by atoms with van der Waals surface area (Å²) in [6, 6.07) is 9.05. The maximum Gasteiger partial charge on any atom is 0.279 e. The van der Waals surface area contributed by atoms with Crippen LogP contribution in [-0.4, -0.2) is 21.7 Å². The summed E-state index contributed by atoms with van der Waals surface area (Å²) >= 11 is 0. The quantitative estimate of drug-likeness (QED) is 0.600. The molecule has 2 aromatic carbocycles. The number of carbonyl (C=O) groups excluding carboxylic acids is 2. The number of benzene rings is 2. The van der Waals surface area contributed by atoms with Crippen LogP contribution >= 0.6 is 0 Å². The fourth-order valence-corrected chi connectivity index (χ4v) is 2.16. The van der Waals surface area contributed by atoms with E-state index in [-0.39, 0.29) is 16.8 Å². The zero-order chi connectivity index (χ0) is 18.6. The summed E-state index contributed by atoms with van der Waals surface area (Å²) in [4.78, 5) is 43.7. The Morgan fingerprint density at radius 2 is 1.72 bits per heavy atom. The number of nitrogens with two attached hydrogens (primary N) is 1. The highest BCUT2D eigenvalue weighted by atomic mass is 16.6. The van der Waals surface area contributed by atoms with Gasteiger partial charge in [-0.3, -0.25) is 29.8 Å². The van der Waals surface area contributed by atoms with Crippen LogP contribution in [0.15, 0.2) is 42.5 Å². The highest BCUT2D eigenvalue weighted by Gasteiger charge is 2.21. The molecule has 0 unspecified atom stereocenters. The third-order valence-corrected chi connectivity index (χ3v) is 3.29. The Morgan fingerprint density at radius 3 is 2.32 bits per heavy atom. The summed E-state index contributed by atoms with van der Waals surface area (Å²) in [5, 5.41) is 24.2. The van der Waals surface area contributed by atoms with Gasteiger partial charge in [-0.15, -0.1) is 0 Å². The van der Waals surface area contributed by atoms with E-state index in [1.54, 1.807) is 12.1 Å². The molecule has 2 rings (SSSR count). The first-order chi connectivity index (χ1) is 11.8. The molecule has 3 N–H and O–H groups in total. The van der Waals surface area contributed by atoms with E-state index in [1.807, 2.05) is 0 Å². The Kier molecular flexibility index (Phi) is 5.03. The Morgan fingerprint density at radius 1 is 1.04 bits per heavy atom. The van der Waals surface area contributed by atoms with Crippen molar-refractivity contribution in [2.75, 3.05) is 5.32 Å². The van der Waals surface area contributed by atoms with Crippen molar-refractivity contribution < 1.29 is 19.4 Å². The highest BCUT2D eigenvalue weighted by molar-refractivity contribution is 6.03. The first-order valence-corrected chi connectivity index (χ1v) is 6.90. The smallest absolute Gasteiger partial charge is 0.279 e. The maximum absolute atomic E-state index is 12.1. The van der Waals surface area contributed by atoms with E-state index < -0.39 is 39.5 Å². The fraction of sp³-hybridized carbons (Fsp3) is 0.0667. The molecule has 0 aliphatic carbocycles. The monoisotopic (exact) mass is 344 g/mol. The van der Waals surface area contributed by atoms with Gasteiger partial charge >= 0.3 is 0 Å². The molecule has 128 valence electrons. The van der Waals surface area contributed by atoms with Crippen molar-refractivity contribution in [3.8, 4) is 0 Å². The van der Waals surface area contributed by atoms with Crippen molar-refractivity contribution in [2.24, 2.45) is 5.73 Å². The number of nitro groups is 2. The van der Waals surface area contributed by atoms with E-state index in [2.05, 4.69) is 5.32 Å². The van der Waals surface area contributed by atoms with Gasteiger partial charge in [-0.05, 0) is 18.2 Å². The van der Waals surface area contributed by atoms with E-state index in [0.29, 0.717) is 0 Å². The van der Waals surface area contributed by atoms with E-state index >= 15 is 0 Å². The standard InChI is InChI=1S/C15H12N4O6/c16-15(21)11-3-1-2-4-12(11)17-14(20)7-9-5-6-10(18(22)23)8-13(9)19(24)25/h1-6,8H,7H2,(H2,16,21)(H,17,20). The minimum absolute atomic E-state index is 0.00431. The van der Waals surface area contributed by atoms with Gasteiger partial charge in [-0.25, -0.2) is 0 Å². The summed E-state index contributed by atoms with van der Waals surface area (Å²) in [6.45, 7) is 0. The number of non-ortho nitro benzene ring substituents is 1. The summed E-state index contributed by atoms with van der Waals surface area (Å²) in [7, 11) is 0. The number of primary amides is 1. The Bertz CT molecular complexity index is 880. The van der Waals surface area contributed by atoms with Crippen LogP contribution in [0.5, 0.6) is 0 Å². The average molecular weight is 344 g/mol. The summed E-state index contributed by atoms with van der Waals surface area (Å²) in [5.41, 5.74) is 4.49. The Labute approximate surface area is 140 Å². The minimum atomic E-state index is -0.799. The van der Waals surface area contributed by atoms with Crippen LogP contribution in [0.1, 0.15) is 15.9 Å². The van der Waals surface area contributed by atoms with Crippen molar-refractivity contribution in [1.29, 1.82) is 0 Å². The third kappa shape index (κ3) is 4.13.